The van der Waals surface area contributed by atoms with E-state index in [1.807, 2.05) is 51.1 Å². The molecule has 0 aliphatic carbocycles. The Morgan fingerprint density at radius 2 is 1.89 bits per heavy atom. The summed E-state index contributed by atoms with van der Waals surface area (Å²) in [6, 6.07) is 15.7. The van der Waals surface area contributed by atoms with Gasteiger partial charge in [0.2, 0.25) is 0 Å². The number of aliphatic hydroxyl groups excluding tert-OH is 1. The van der Waals surface area contributed by atoms with Crippen molar-refractivity contribution in [2.24, 2.45) is 0 Å². The molecular weight excluding hydrogens is 338 g/mol. The van der Waals surface area contributed by atoms with Crippen molar-refractivity contribution in [3.63, 3.8) is 0 Å². The highest BCUT2D eigenvalue weighted by Gasteiger charge is 2.12. The van der Waals surface area contributed by atoms with Gasteiger partial charge in [0.15, 0.2) is 0 Å². The maximum absolute atomic E-state index is 12.1. The normalized spacial score (nSPS) is 12.0. The molecule has 27 heavy (non-hydrogen) atoms. The summed E-state index contributed by atoms with van der Waals surface area (Å²) in [6.07, 6.45) is 0.0665. The number of aryl methyl sites for hydroxylation is 2. The fourth-order valence-electron chi connectivity index (χ4n) is 3.05. The number of benzene rings is 2. The van der Waals surface area contributed by atoms with Gasteiger partial charge in [-0.15, -0.1) is 0 Å². The molecule has 2 amide bonds. The molecule has 0 radical (unpaired) electrons. The molecule has 1 heterocycles. The van der Waals surface area contributed by atoms with Crippen LogP contribution in [0.15, 0.2) is 48.5 Å². The number of pyridine rings is 1. The number of carbonyl (C=O) groups is 1. The largest absolute Gasteiger partial charge is 0.391 e. The van der Waals surface area contributed by atoms with Gasteiger partial charge in [0.05, 0.1) is 11.6 Å². The molecule has 3 aromatic rings. The second-order valence-corrected chi connectivity index (χ2v) is 6.69. The number of hydrogen-bond acceptors (Lipinski definition) is 3. The Balaban J connectivity index is 1.92. The van der Waals surface area contributed by atoms with Gasteiger partial charge in [-0.05, 0) is 49.6 Å². The Kier molecular flexibility index (Phi) is 5.72. The first-order valence-corrected chi connectivity index (χ1v) is 9.19. The third-order valence-electron chi connectivity index (χ3n) is 4.76. The summed E-state index contributed by atoms with van der Waals surface area (Å²) >= 11 is 0. The van der Waals surface area contributed by atoms with E-state index in [4.69, 9.17) is 4.98 Å². The van der Waals surface area contributed by atoms with E-state index in [0.717, 1.165) is 39.0 Å². The average Bonchev–Trinajstić information content (AvgIpc) is 2.68. The van der Waals surface area contributed by atoms with Crippen molar-refractivity contribution in [3.05, 3.63) is 59.8 Å². The predicted octanol–water partition coefficient (Wildman–Crippen LogP) is 4.41. The van der Waals surface area contributed by atoms with E-state index in [2.05, 4.69) is 28.8 Å². The lowest BCUT2D eigenvalue weighted by atomic mass is 9.99. The summed E-state index contributed by atoms with van der Waals surface area (Å²) in [7, 11) is 0. The molecule has 1 aromatic heterocycles. The van der Waals surface area contributed by atoms with Gasteiger partial charge in [-0.3, -0.25) is 4.98 Å². The molecule has 0 saturated carbocycles. The highest BCUT2D eigenvalue weighted by atomic mass is 16.3. The van der Waals surface area contributed by atoms with E-state index in [-0.39, 0.29) is 12.6 Å². The number of rotatable bonds is 5. The number of urea groups is 1. The van der Waals surface area contributed by atoms with Crippen molar-refractivity contribution in [1.29, 1.82) is 0 Å². The number of anilines is 1. The second kappa shape index (κ2) is 8.18. The quantitative estimate of drug-likeness (QED) is 0.628. The minimum Gasteiger partial charge on any atom is -0.391 e. The molecule has 140 valence electrons. The monoisotopic (exact) mass is 363 g/mol. The standard InChI is InChI=1S/C22H25N3O2/c1-4-17(26)13-23-22(27)25-20-10-11-21-18(14(20)2)12-19(15(3)24-21)16-8-6-5-7-9-16/h5-12,17,26H,4,13H2,1-3H3,(H2,23,25,27). The molecule has 5 nitrogen and oxygen atoms in total. The van der Waals surface area contributed by atoms with Crippen molar-refractivity contribution in [1.82, 2.24) is 10.3 Å². The van der Waals surface area contributed by atoms with Crippen LogP contribution in [0.4, 0.5) is 10.5 Å². The lowest BCUT2D eigenvalue weighted by Gasteiger charge is -2.15. The zero-order valence-electron chi connectivity index (χ0n) is 15.9. The Morgan fingerprint density at radius 1 is 1.15 bits per heavy atom. The number of hydrogen-bond donors (Lipinski definition) is 3. The third kappa shape index (κ3) is 4.26. The smallest absolute Gasteiger partial charge is 0.319 e. The minimum atomic E-state index is -0.533. The summed E-state index contributed by atoms with van der Waals surface area (Å²) < 4.78 is 0. The van der Waals surface area contributed by atoms with Gasteiger partial charge in [-0.1, -0.05) is 37.3 Å². The summed E-state index contributed by atoms with van der Waals surface area (Å²) in [5, 5.41) is 16.1. The van der Waals surface area contributed by atoms with Crippen LogP contribution in [0.3, 0.4) is 0 Å². The summed E-state index contributed by atoms with van der Waals surface area (Å²) in [6.45, 7) is 6.09. The van der Waals surface area contributed by atoms with Crippen LogP contribution < -0.4 is 10.6 Å². The number of nitrogens with one attached hydrogen (secondary N) is 2. The second-order valence-electron chi connectivity index (χ2n) is 6.69. The maximum atomic E-state index is 12.1. The Labute approximate surface area is 159 Å². The van der Waals surface area contributed by atoms with Gasteiger partial charge >= 0.3 is 6.03 Å². The van der Waals surface area contributed by atoms with Crippen molar-refractivity contribution in [2.75, 3.05) is 11.9 Å². The molecular formula is C22H25N3O2. The van der Waals surface area contributed by atoms with E-state index in [0.29, 0.717) is 6.42 Å². The van der Waals surface area contributed by atoms with E-state index in [1.54, 1.807) is 0 Å². The number of carbonyl (C=O) groups excluding carboxylic acids is 1. The molecule has 5 heteroatoms. The first-order valence-electron chi connectivity index (χ1n) is 9.19. The van der Waals surface area contributed by atoms with E-state index in [9.17, 15) is 9.90 Å². The van der Waals surface area contributed by atoms with Crippen molar-refractivity contribution < 1.29 is 9.90 Å². The summed E-state index contributed by atoms with van der Waals surface area (Å²) in [4.78, 5) is 16.9. The van der Waals surface area contributed by atoms with Crippen molar-refractivity contribution in [3.8, 4) is 11.1 Å². The van der Waals surface area contributed by atoms with Crippen LogP contribution >= 0.6 is 0 Å². The lowest BCUT2D eigenvalue weighted by Crippen LogP contribution is -2.35. The van der Waals surface area contributed by atoms with E-state index < -0.39 is 6.10 Å². The Bertz CT molecular complexity index is 955. The number of fused-ring (bicyclic) bond motifs is 1. The van der Waals surface area contributed by atoms with Gasteiger partial charge in [-0.2, -0.15) is 0 Å². The van der Waals surface area contributed by atoms with Crippen LogP contribution in [0.2, 0.25) is 0 Å². The average molecular weight is 363 g/mol. The first-order chi connectivity index (χ1) is 13.0. The van der Waals surface area contributed by atoms with Crippen LogP contribution in [0.1, 0.15) is 24.6 Å². The minimum absolute atomic E-state index is 0.230. The van der Waals surface area contributed by atoms with Gasteiger partial charge in [0.1, 0.15) is 0 Å². The number of aliphatic hydroxyl groups is 1. The molecule has 3 rings (SSSR count). The zero-order valence-corrected chi connectivity index (χ0v) is 15.9. The van der Waals surface area contributed by atoms with Gasteiger partial charge in [0, 0.05) is 28.9 Å². The van der Waals surface area contributed by atoms with Crippen LogP contribution in [0.5, 0.6) is 0 Å². The zero-order chi connectivity index (χ0) is 19.4. The van der Waals surface area contributed by atoms with Crippen molar-refractivity contribution in [2.45, 2.75) is 33.3 Å². The molecule has 1 atom stereocenters. The SMILES string of the molecule is CCC(O)CNC(=O)Nc1ccc2nc(C)c(-c3ccccc3)cc2c1C. The molecule has 0 saturated heterocycles. The number of amides is 2. The number of aromatic nitrogens is 1. The predicted molar refractivity (Wildman–Crippen MR) is 110 cm³/mol. The molecule has 0 spiro atoms. The molecule has 0 fully saturated rings. The van der Waals surface area contributed by atoms with Crippen LogP contribution in [0, 0.1) is 13.8 Å². The molecule has 0 bridgehead atoms. The van der Waals surface area contributed by atoms with Gasteiger partial charge in [0.25, 0.3) is 0 Å². The fourth-order valence-corrected chi connectivity index (χ4v) is 3.05. The first kappa shape index (κ1) is 18.9. The highest BCUT2D eigenvalue weighted by Crippen LogP contribution is 2.30. The molecule has 0 aliphatic heterocycles. The van der Waals surface area contributed by atoms with E-state index in [1.165, 1.54) is 0 Å². The summed E-state index contributed by atoms with van der Waals surface area (Å²) in [5.74, 6) is 0. The van der Waals surface area contributed by atoms with Crippen LogP contribution in [0.25, 0.3) is 22.0 Å². The molecule has 2 aromatic carbocycles. The highest BCUT2D eigenvalue weighted by molar-refractivity contribution is 5.96. The number of nitrogens with zero attached hydrogens (tertiary/aromatic N) is 1. The third-order valence-corrected chi connectivity index (χ3v) is 4.76. The molecule has 1 unspecified atom stereocenters. The van der Waals surface area contributed by atoms with Gasteiger partial charge < -0.3 is 15.7 Å². The van der Waals surface area contributed by atoms with Gasteiger partial charge in [-0.25, -0.2) is 4.79 Å². The lowest BCUT2D eigenvalue weighted by molar-refractivity contribution is 0.168. The van der Waals surface area contributed by atoms with Crippen molar-refractivity contribution >= 4 is 22.6 Å². The van der Waals surface area contributed by atoms with Crippen LogP contribution in [-0.4, -0.2) is 28.8 Å². The Morgan fingerprint density at radius 3 is 2.59 bits per heavy atom. The Hall–Kier alpha value is -2.92. The fraction of sp³-hybridized carbons (Fsp3) is 0.273. The maximum Gasteiger partial charge on any atom is 0.319 e. The van der Waals surface area contributed by atoms with Crippen LogP contribution in [-0.2, 0) is 0 Å². The topological polar surface area (TPSA) is 74.2 Å². The molecule has 0 aliphatic rings. The van der Waals surface area contributed by atoms with E-state index >= 15 is 0 Å². The summed E-state index contributed by atoms with van der Waals surface area (Å²) in [5.41, 5.74) is 5.77. The molecule has 3 N–H and O–H groups in total.